The molecule has 0 spiro atoms. The van der Waals surface area contributed by atoms with Crippen molar-refractivity contribution >= 4 is 16.9 Å². The Morgan fingerprint density at radius 3 is 2.80 bits per heavy atom. The molecule has 1 aromatic carbocycles. The molecule has 0 saturated heterocycles. The maximum atomic E-state index is 10.7. The van der Waals surface area contributed by atoms with Crippen LogP contribution >= 0.6 is 0 Å². The summed E-state index contributed by atoms with van der Waals surface area (Å²) in [6.07, 6.45) is 0.176. The smallest absolute Gasteiger partial charge is 0.304 e. The highest BCUT2D eigenvalue weighted by molar-refractivity contribution is 5.82. The van der Waals surface area contributed by atoms with Gasteiger partial charge >= 0.3 is 5.97 Å². The Balaban J connectivity index is 2.25. The van der Waals surface area contributed by atoms with Crippen molar-refractivity contribution in [2.24, 2.45) is 0 Å². The van der Waals surface area contributed by atoms with Gasteiger partial charge in [-0.1, -0.05) is 25.1 Å². The lowest BCUT2D eigenvalue weighted by Gasteiger charge is -2.20. The highest BCUT2D eigenvalue weighted by Gasteiger charge is 2.10. The average molecular weight is 272 g/mol. The molecule has 0 aliphatic heterocycles. The lowest BCUT2D eigenvalue weighted by atomic mass is 10.1. The van der Waals surface area contributed by atoms with Gasteiger partial charge in [-0.05, 0) is 31.2 Å². The van der Waals surface area contributed by atoms with Crippen molar-refractivity contribution in [2.75, 3.05) is 13.1 Å². The number of carbonyl (C=O) groups is 1. The molecule has 0 amide bonds. The molecule has 0 unspecified atom stereocenters. The fourth-order valence-corrected chi connectivity index (χ4v) is 2.37. The van der Waals surface area contributed by atoms with Gasteiger partial charge < -0.3 is 5.11 Å². The van der Waals surface area contributed by atoms with E-state index in [4.69, 9.17) is 5.11 Å². The van der Waals surface area contributed by atoms with Gasteiger partial charge in [0.2, 0.25) is 0 Å². The summed E-state index contributed by atoms with van der Waals surface area (Å²) in [6, 6.07) is 10.2. The number of carboxylic acids is 1. The summed E-state index contributed by atoms with van der Waals surface area (Å²) in [5, 5.41) is 9.95. The third kappa shape index (κ3) is 3.54. The number of carboxylic acid groups (broad SMARTS) is 1. The quantitative estimate of drug-likeness (QED) is 0.878. The molecule has 1 N–H and O–H groups in total. The van der Waals surface area contributed by atoms with E-state index in [1.54, 1.807) is 0 Å². The van der Waals surface area contributed by atoms with E-state index in [1.165, 1.54) is 5.56 Å². The SMILES string of the molecule is CCN(CCC(=O)O)Cc1cc(C)nc2ccccc12. The molecule has 0 fully saturated rings. The summed E-state index contributed by atoms with van der Waals surface area (Å²) < 4.78 is 0. The number of benzene rings is 1. The fraction of sp³-hybridized carbons (Fsp3) is 0.375. The van der Waals surface area contributed by atoms with Crippen LogP contribution in [0.25, 0.3) is 10.9 Å². The van der Waals surface area contributed by atoms with Crippen LogP contribution < -0.4 is 0 Å². The van der Waals surface area contributed by atoms with Gasteiger partial charge in [-0.2, -0.15) is 0 Å². The third-order valence-corrected chi connectivity index (χ3v) is 3.41. The van der Waals surface area contributed by atoms with Crippen molar-refractivity contribution < 1.29 is 9.90 Å². The number of rotatable bonds is 6. The molecule has 2 aromatic rings. The number of fused-ring (bicyclic) bond motifs is 1. The maximum absolute atomic E-state index is 10.7. The summed E-state index contributed by atoms with van der Waals surface area (Å²) >= 11 is 0. The Bertz CT molecular complexity index is 610. The molecule has 0 aliphatic rings. The normalized spacial score (nSPS) is 11.2. The van der Waals surface area contributed by atoms with E-state index in [0.717, 1.165) is 29.7 Å². The molecule has 4 nitrogen and oxygen atoms in total. The van der Waals surface area contributed by atoms with E-state index >= 15 is 0 Å². The standard InChI is InChI=1S/C16H20N2O2/c1-3-18(9-8-16(19)20)11-13-10-12(2)17-15-7-5-4-6-14(13)15/h4-7,10H,3,8-9,11H2,1-2H3,(H,19,20). The second-order valence-corrected chi connectivity index (χ2v) is 4.95. The number of hydrogen-bond donors (Lipinski definition) is 1. The van der Waals surface area contributed by atoms with Crippen molar-refractivity contribution in [3.8, 4) is 0 Å². The summed E-state index contributed by atoms with van der Waals surface area (Å²) in [4.78, 5) is 17.4. The van der Waals surface area contributed by atoms with Crippen LogP contribution in [0.5, 0.6) is 0 Å². The minimum atomic E-state index is -0.751. The largest absolute Gasteiger partial charge is 0.481 e. The van der Waals surface area contributed by atoms with E-state index in [1.807, 2.05) is 25.1 Å². The number of nitrogens with zero attached hydrogens (tertiary/aromatic N) is 2. The Kier molecular flexibility index (Phi) is 4.69. The van der Waals surface area contributed by atoms with Crippen LogP contribution in [-0.2, 0) is 11.3 Å². The maximum Gasteiger partial charge on any atom is 0.304 e. The zero-order chi connectivity index (χ0) is 14.5. The molecule has 106 valence electrons. The monoisotopic (exact) mass is 272 g/mol. The highest BCUT2D eigenvalue weighted by atomic mass is 16.4. The molecule has 1 heterocycles. The Morgan fingerprint density at radius 2 is 2.10 bits per heavy atom. The molecule has 0 atom stereocenters. The van der Waals surface area contributed by atoms with Crippen LogP contribution in [0.4, 0.5) is 0 Å². The molecule has 0 bridgehead atoms. The van der Waals surface area contributed by atoms with E-state index in [2.05, 4.69) is 28.9 Å². The molecule has 4 heteroatoms. The van der Waals surface area contributed by atoms with Gasteiger partial charge in [0.25, 0.3) is 0 Å². The molecule has 0 saturated carbocycles. The van der Waals surface area contributed by atoms with E-state index < -0.39 is 5.97 Å². The van der Waals surface area contributed by atoms with Crippen molar-refractivity contribution in [3.05, 3.63) is 41.6 Å². The van der Waals surface area contributed by atoms with Crippen LogP contribution in [0.3, 0.4) is 0 Å². The zero-order valence-corrected chi connectivity index (χ0v) is 12.0. The van der Waals surface area contributed by atoms with Crippen LogP contribution in [0.1, 0.15) is 24.6 Å². The van der Waals surface area contributed by atoms with E-state index in [0.29, 0.717) is 6.54 Å². The summed E-state index contributed by atoms with van der Waals surface area (Å²) in [5.41, 5.74) is 3.20. The number of hydrogen-bond acceptors (Lipinski definition) is 3. The van der Waals surface area contributed by atoms with Crippen molar-refractivity contribution in [1.29, 1.82) is 0 Å². The van der Waals surface area contributed by atoms with Crippen LogP contribution in [0.15, 0.2) is 30.3 Å². The zero-order valence-electron chi connectivity index (χ0n) is 12.0. The number of aromatic nitrogens is 1. The first-order valence-electron chi connectivity index (χ1n) is 6.89. The first-order valence-corrected chi connectivity index (χ1v) is 6.89. The molecule has 20 heavy (non-hydrogen) atoms. The van der Waals surface area contributed by atoms with Crippen molar-refractivity contribution in [1.82, 2.24) is 9.88 Å². The topological polar surface area (TPSA) is 53.4 Å². The molecular weight excluding hydrogens is 252 g/mol. The summed E-state index contributed by atoms with van der Waals surface area (Å²) in [7, 11) is 0. The Morgan fingerprint density at radius 1 is 1.35 bits per heavy atom. The summed E-state index contributed by atoms with van der Waals surface area (Å²) in [6.45, 7) is 6.21. The number of pyridine rings is 1. The molecule has 0 aliphatic carbocycles. The predicted molar refractivity (Wildman–Crippen MR) is 79.7 cm³/mol. The number of para-hydroxylation sites is 1. The lowest BCUT2D eigenvalue weighted by Crippen LogP contribution is -2.25. The lowest BCUT2D eigenvalue weighted by molar-refractivity contribution is -0.137. The van der Waals surface area contributed by atoms with Gasteiger partial charge in [0.05, 0.1) is 11.9 Å². The van der Waals surface area contributed by atoms with E-state index in [-0.39, 0.29) is 6.42 Å². The number of aryl methyl sites for hydroxylation is 1. The van der Waals surface area contributed by atoms with Crippen LogP contribution in [-0.4, -0.2) is 34.0 Å². The molecule has 0 radical (unpaired) electrons. The second-order valence-electron chi connectivity index (χ2n) is 4.95. The second kappa shape index (κ2) is 6.48. The summed E-state index contributed by atoms with van der Waals surface area (Å²) in [5.74, 6) is -0.751. The minimum Gasteiger partial charge on any atom is -0.481 e. The van der Waals surface area contributed by atoms with Crippen LogP contribution in [0, 0.1) is 6.92 Å². The molecule has 1 aromatic heterocycles. The highest BCUT2D eigenvalue weighted by Crippen LogP contribution is 2.19. The molecular formula is C16H20N2O2. The first-order chi connectivity index (χ1) is 9.60. The van der Waals surface area contributed by atoms with E-state index in [9.17, 15) is 4.79 Å². The Labute approximate surface area is 119 Å². The van der Waals surface area contributed by atoms with Gasteiger partial charge in [0.1, 0.15) is 0 Å². The van der Waals surface area contributed by atoms with Crippen LogP contribution in [0.2, 0.25) is 0 Å². The third-order valence-electron chi connectivity index (χ3n) is 3.41. The first kappa shape index (κ1) is 14.5. The van der Waals surface area contributed by atoms with Gasteiger partial charge in [0.15, 0.2) is 0 Å². The molecule has 2 rings (SSSR count). The average Bonchev–Trinajstić information content (AvgIpc) is 2.42. The number of aliphatic carboxylic acids is 1. The van der Waals surface area contributed by atoms with Gasteiger partial charge in [-0.3, -0.25) is 14.7 Å². The minimum absolute atomic E-state index is 0.176. The van der Waals surface area contributed by atoms with Gasteiger partial charge in [-0.25, -0.2) is 0 Å². The predicted octanol–water partition coefficient (Wildman–Crippen LogP) is 2.84. The Hall–Kier alpha value is -1.94. The van der Waals surface area contributed by atoms with Gasteiger partial charge in [0, 0.05) is 24.2 Å². The van der Waals surface area contributed by atoms with Crippen molar-refractivity contribution in [2.45, 2.75) is 26.8 Å². The van der Waals surface area contributed by atoms with Crippen molar-refractivity contribution in [3.63, 3.8) is 0 Å². The fourth-order valence-electron chi connectivity index (χ4n) is 2.37. The van der Waals surface area contributed by atoms with Gasteiger partial charge in [-0.15, -0.1) is 0 Å².